The fourth-order valence-electron chi connectivity index (χ4n) is 9.80. The first-order valence-electron chi connectivity index (χ1n) is 23.4. The summed E-state index contributed by atoms with van der Waals surface area (Å²) in [6, 6.07) is 9.06. The van der Waals surface area contributed by atoms with Gasteiger partial charge in [-0.1, -0.05) is 44.1 Å². The monoisotopic (exact) mass is 862 g/mol. The Bertz CT molecular complexity index is 2060. The summed E-state index contributed by atoms with van der Waals surface area (Å²) >= 11 is 0. The number of aromatic nitrogens is 1. The van der Waals surface area contributed by atoms with Crippen molar-refractivity contribution in [3.8, 4) is 5.75 Å². The number of ether oxygens (including phenoxy) is 4. The summed E-state index contributed by atoms with van der Waals surface area (Å²) in [5.41, 5.74) is 9.55. The minimum absolute atomic E-state index is 0.0518. The number of anilines is 1. The second kappa shape index (κ2) is 22.6. The normalized spacial score (nSPS) is 21.7. The average Bonchev–Trinajstić information content (AvgIpc) is 3.55. The number of pyridine rings is 1. The molecule has 2 unspecified atom stereocenters. The molecule has 3 heterocycles. The highest BCUT2D eigenvalue weighted by molar-refractivity contribution is 6.09. The van der Waals surface area contributed by atoms with Crippen molar-refractivity contribution in [2.45, 2.75) is 122 Å². The molecule has 2 fully saturated rings. The molecular weight excluding hydrogens is 797 g/mol. The Morgan fingerprint density at radius 2 is 1.57 bits per heavy atom. The van der Waals surface area contributed by atoms with Crippen LogP contribution >= 0.6 is 0 Å². The highest BCUT2D eigenvalue weighted by atomic mass is 16.6. The van der Waals surface area contributed by atoms with Crippen LogP contribution in [0.3, 0.4) is 0 Å². The summed E-state index contributed by atoms with van der Waals surface area (Å²) in [5, 5.41) is 5.48. The molecule has 0 bridgehead atoms. The van der Waals surface area contributed by atoms with Crippen molar-refractivity contribution in [3.05, 3.63) is 94.0 Å². The zero-order chi connectivity index (χ0) is 44.1. The van der Waals surface area contributed by atoms with Gasteiger partial charge in [-0.05, 0) is 148 Å². The molecule has 7 rings (SSSR count). The van der Waals surface area contributed by atoms with E-state index < -0.39 is 11.9 Å². The van der Waals surface area contributed by atoms with E-state index in [4.69, 9.17) is 18.9 Å². The van der Waals surface area contributed by atoms with Crippen molar-refractivity contribution in [3.63, 3.8) is 0 Å². The van der Waals surface area contributed by atoms with Crippen molar-refractivity contribution in [2.24, 2.45) is 11.8 Å². The molecule has 0 spiro atoms. The van der Waals surface area contributed by atoms with Crippen LogP contribution in [0.4, 0.5) is 5.69 Å². The summed E-state index contributed by atoms with van der Waals surface area (Å²) in [4.78, 5) is 57.0. The molecule has 1 saturated carbocycles. The number of unbranched alkanes of at least 4 members (excludes halogenated alkanes) is 3. The molecule has 2 aliphatic heterocycles. The fourth-order valence-corrected chi connectivity index (χ4v) is 9.80. The topological polar surface area (TPSA) is 145 Å². The van der Waals surface area contributed by atoms with Crippen LogP contribution in [0, 0.1) is 11.8 Å². The Balaban J connectivity index is 0.671. The van der Waals surface area contributed by atoms with Crippen LogP contribution < -0.4 is 15.4 Å². The van der Waals surface area contributed by atoms with E-state index in [1.807, 2.05) is 30.5 Å². The number of carbonyl (C=O) groups excluding carboxylic acids is 4. The van der Waals surface area contributed by atoms with Crippen molar-refractivity contribution in [2.75, 3.05) is 51.6 Å². The maximum Gasteiger partial charge on any atom is 0.259 e. The Morgan fingerprint density at radius 1 is 0.857 bits per heavy atom. The number of amides is 4. The Hall–Kier alpha value is -4.91. The molecule has 1 aromatic carbocycles. The van der Waals surface area contributed by atoms with Gasteiger partial charge in [0, 0.05) is 47.8 Å². The van der Waals surface area contributed by atoms with Crippen molar-refractivity contribution >= 4 is 35.4 Å². The number of aryl methyl sites for hydroxylation is 1. The van der Waals surface area contributed by atoms with Crippen LogP contribution in [0.5, 0.6) is 5.75 Å². The van der Waals surface area contributed by atoms with E-state index >= 15 is 0 Å². The number of imide groups is 1. The van der Waals surface area contributed by atoms with Crippen LogP contribution in [-0.2, 0) is 39.8 Å². The number of hydrogen-bond donors (Lipinski definition) is 2. The van der Waals surface area contributed by atoms with Crippen molar-refractivity contribution in [1.82, 2.24) is 15.2 Å². The lowest BCUT2D eigenvalue weighted by molar-refractivity contribution is -0.141. The summed E-state index contributed by atoms with van der Waals surface area (Å²) in [7, 11) is 0. The molecule has 2 atom stereocenters. The van der Waals surface area contributed by atoms with E-state index in [1.165, 1.54) is 27.3 Å². The molecule has 12 nitrogen and oxygen atoms in total. The third-order valence-electron chi connectivity index (χ3n) is 13.4. The number of rotatable bonds is 22. The maximum absolute atomic E-state index is 13.5. The number of piperidine rings is 1. The van der Waals surface area contributed by atoms with E-state index in [0.717, 1.165) is 106 Å². The molecule has 4 amide bonds. The van der Waals surface area contributed by atoms with Crippen LogP contribution in [-0.4, -0.2) is 85.8 Å². The smallest absolute Gasteiger partial charge is 0.259 e. The van der Waals surface area contributed by atoms with Crippen molar-refractivity contribution < 1.29 is 38.1 Å². The lowest BCUT2D eigenvalue weighted by Gasteiger charge is -2.33. The van der Waals surface area contributed by atoms with E-state index in [0.29, 0.717) is 75.8 Å². The zero-order valence-electron chi connectivity index (χ0n) is 37.4. The summed E-state index contributed by atoms with van der Waals surface area (Å²) < 4.78 is 22.9. The lowest BCUT2D eigenvalue weighted by atomic mass is 9.73. The molecule has 2 N–H and O–H groups in total. The molecule has 63 heavy (non-hydrogen) atoms. The minimum atomic E-state index is -0.679. The van der Waals surface area contributed by atoms with E-state index in [-0.39, 0.29) is 30.1 Å². The standard InChI is InChI=1S/C51H66N4O8/c1-34-12-21-45-44(33-34)43(24-25-52-45)38-15-13-37(14-16-38)35(2)49(57)53-40-17-19-41(20-18-40)63-32-31-62-30-29-61-28-27-60-26-7-5-4-6-9-39-10-8-11-42-36(3)55(51(59)48(39)42)46-22-23-47(56)54-50(46)58/h10,17-20,24-25,33,35,37-38,46H,3-9,11-16,21-23,26-32H2,1-2H3,(H,53,57)(H,54,56,58). The first-order chi connectivity index (χ1) is 30.7. The van der Waals surface area contributed by atoms with Crippen LogP contribution in [0.25, 0.3) is 6.08 Å². The third-order valence-corrected chi connectivity index (χ3v) is 13.4. The average molecular weight is 863 g/mol. The van der Waals surface area contributed by atoms with Gasteiger partial charge in [0.05, 0.1) is 33.0 Å². The molecule has 0 radical (unpaired) electrons. The number of hydrogen-bond acceptors (Lipinski definition) is 9. The number of allylic oxidation sites excluding steroid dienone is 3. The molecule has 2 aromatic rings. The van der Waals surface area contributed by atoms with Gasteiger partial charge in [-0.15, -0.1) is 0 Å². The van der Waals surface area contributed by atoms with Gasteiger partial charge in [0.25, 0.3) is 5.91 Å². The number of nitrogens with one attached hydrogen (secondary N) is 2. The van der Waals surface area contributed by atoms with Crippen LogP contribution in [0.2, 0.25) is 0 Å². The molecule has 12 heteroatoms. The van der Waals surface area contributed by atoms with Gasteiger partial charge in [0.1, 0.15) is 18.4 Å². The Labute approximate surface area is 372 Å². The predicted octanol–water partition coefficient (Wildman–Crippen LogP) is 8.54. The maximum atomic E-state index is 13.5. The highest BCUT2D eigenvalue weighted by Gasteiger charge is 2.44. The number of nitrogens with zero attached hydrogens (tertiary/aromatic N) is 2. The first kappa shape index (κ1) is 46.1. The minimum Gasteiger partial charge on any atom is -0.491 e. The van der Waals surface area contributed by atoms with Crippen LogP contribution in [0.1, 0.15) is 126 Å². The number of fused-ring (bicyclic) bond motifs is 1. The summed E-state index contributed by atoms with van der Waals surface area (Å²) in [5.74, 6) is 0.789. The first-order valence-corrected chi connectivity index (χ1v) is 23.4. The van der Waals surface area contributed by atoms with E-state index in [2.05, 4.69) is 54.3 Å². The van der Waals surface area contributed by atoms with Crippen LogP contribution in [0.15, 0.2) is 77.2 Å². The molecule has 1 saturated heterocycles. The van der Waals surface area contributed by atoms with Crippen molar-refractivity contribution in [1.29, 1.82) is 0 Å². The van der Waals surface area contributed by atoms with Gasteiger partial charge in [-0.3, -0.25) is 34.4 Å². The fraction of sp³-hybridized carbons (Fsp3) is 0.549. The molecular formula is C51H66N4O8. The summed E-state index contributed by atoms with van der Waals surface area (Å²) in [6.07, 6.45) is 19.9. The largest absolute Gasteiger partial charge is 0.491 e. The van der Waals surface area contributed by atoms with Gasteiger partial charge in [0.15, 0.2) is 0 Å². The second-order valence-corrected chi connectivity index (χ2v) is 17.7. The van der Waals surface area contributed by atoms with Gasteiger partial charge in [0.2, 0.25) is 17.7 Å². The molecule has 3 aliphatic carbocycles. The lowest BCUT2D eigenvalue weighted by Crippen LogP contribution is -2.52. The third kappa shape index (κ3) is 12.0. The molecule has 5 aliphatic rings. The quantitative estimate of drug-likeness (QED) is 0.0879. The highest BCUT2D eigenvalue weighted by Crippen LogP contribution is 2.43. The molecule has 338 valence electrons. The number of benzene rings is 1. The Morgan fingerprint density at radius 3 is 2.32 bits per heavy atom. The van der Waals surface area contributed by atoms with Gasteiger partial charge in [-0.2, -0.15) is 0 Å². The van der Waals surface area contributed by atoms with Gasteiger partial charge in [-0.25, -0.2) is 0 Å². The number of carbonyl (C=O) groups is 4. The Kier molecular flexibility index (Phi) is 16.6. The van der Waals surface area contributed by atoms with Gasteiger partial charge < -0.3 is 24.3 Å². The van der Waals surface area contributed by atoms with E-state index in [1.54, 1.807) is 0 Å². The second-order valence-electron chi connectivity index (χ2n) is 17.7. The predicted molar refractivity (Wildman–Crippen MR) is 243 cm³/mol. The van der Waals surface area contributed by atoms with Gasteiger partial charge >= 0.3 is 0 Å². The zero-order valence-corrected chi connectivity index (χ0v) is 37.4. The molecule has 1 aromatic heterocycles. The SMILES string of the molecule is C=C1C2=C(C(=O)N1C1CCC(=O)NC1=O)C(CCCCCCOCCOCCOCCOc1ccc(NC(=O)C(C)C3CCC(c4ccnc5c4C=C(C)CC5)CC3)cc1)=CCC2. The summed E-state index contributed by atoms with van der Waals surface area (Å²) in [6.45, 7) is 12.0. The van der Waals surface area contributed by atoms with E-state index in [9.17, 15) is 19.2 Å².